The molecule has 2 aromatic rings. The van der Waals surface area contributed by atoms with Crippen LogP contribution in [0.15, 0.2) is 24.3 Å². The second-order valence-electron chi connectivity index (χ2n) is 4.43. The zero-order valence-electron chi connectivity index (χ0n) is 12.0. The molecule has 0 unspecified atom stereocenters. The molecule has 0 saturated heterocycles. The number of aliphatic hydroxyl groups is 1. The number of aryl methyl sites for hydroxylation is 1. The summed E-state index contributed by atoms with van der Waals surface area (Å²) in [5.74, 6) is 2.76. The Hall–Kier alpha value is -2.14. The first-order valence-corrected chi connectivity index (χ1v) is 6.60. The van der Waals surface area contributed by atoms with Crippen LogP contribution in [0.1, 0.15) is 23.9 Å². The topological polar surface area (TPSA) is 67.3 Å². The molecule has 0 aliphatic carbocycles. The molecule has 0 bridgehead atoms. The van der Waals surface area contributed by atoms with E-state index in [0.717, 1.165) is 29.2 Å². The van der Waals surface area contributed by atoms with Crippen LogP contribution in [0.5, 0.6) is 11.6 Å². The van der Waals surface area contributed by atoms with Gasteiger partial charge >= 0.3 is 0 Å². The summed E-state index contributed by atoms with van der Waals surface area (Å²) in [7, 11) is 1.83. The summed E-state index contributed by atoms with van der Waals surface area (Å²) in [5, 5.41) is 12.1. The predicted molar refractivity (Wildman–Crippen MR) is 78.1 cm³/mol. The molecule has 0 amide bonds. The fourth-order valence-electron chi connectivity index (χ4n) is 1.82. The molecule has 0 saturated carbocycles. The Morgan fingerprint density at radius 3 is 2.45 bits per heavy atom. The third-order valence-electron chi connectivity index (χ3n) is 3.02. The van der Waals surface area contributed by atoms with Gasteiger partial charge in [-0.15, -0.1) is 0 Å². The maximum Gasteiger partial charge on any atom is 0.227 e. The lowest BCUT2D eigenvalue weighted by molar-refractivity contribution is 0.281. The van der Waals surface area contributed by atoms with Crippen molar-refractivity contribution in [3.05, 3.63) is 41.2 Å². The van der Waals surface area contributed by atoms with Crippen LogP contribution in [0.25, 0.3) is 0 Å². The van der Waals surface area contributed by atoms with Crippen LogP contribution in [0, 0.1) is 6.92 Å². The smallest absolute Gasteiger partial charge is 0.227 e. The number of aliphatic hydroxyl groups excluding tert-OH is 1. The van der Waals surface area contributed by atoms with Crippen LogP contribution in [0.3, 0.4) is 0 Å². The summed E-state index contributed by atoms with van der Waals surface area (Å²) in [5.41, 5.74) is 1.72. The molecule has 2 rings (SSSR count). The highest BCUT2D eigenvalue weighted by molar-refractivity contribution is 5.49. The summed E-state index contributed by atoms with van der Waals surface area (Å²) in [6.07, 6.45) is 0.745. The van der Waals surface area contributed by atoms with Gasteiger partial charge in [-0.3, -0.25) is 0 Å². The number of ether oxygens (including phenoxy) is 1. The number of hydrogen-bond donors (Lipinski definition) is 2. The molecule has 0 aliphatic heterocycles. The van der Waals surface area contributed by atoms with Gasteiger partial charge < -0.3 is 15.2 Å². The van der Waals surface area contributed by atoms with Gasteiger partial charge in [0.05, 0.1) is 12.2 Å². The van der Waals surface area contributed by atoms with E-state index in [1.165, 1.54) is 0 Å². The van der Waals surface area contributed by atoms with Crippen molar-refractivity contribution in [2.75, 3.05) is 12.4 Å². The van der Waals surface area contributed by atoms with E-state index < -0.39 is 0 Å². The van der Waals surface area contributed by atoms with E-state index in [1.807, 2.05) is 45.2 Å². The van der Waals surface area contributed by atoms with Gasteiger partial charge in [0.1, 0.15) is 17.4 Å². The van der Waals surface area contributed by atoms with Gasteiger partial charge in [0, 0.05) is 13.5 Å². The van der Waals surface area contributed by atoms with Gasteiger partial charge in [0.2, 0.25) is 5.88 Å². The van der Waals surface area contributed by atoms with Crippen molar-refractivity contribution in [3.8, 4) is 11.6 Å². The Labute approximate surface area is 118 Å². The summed E-state index contributed by atoms with van der Waals surface area (Å²) in [6.45, 7) is 3.95. The van der Waals surface area contributed by atoms with Crippen LogP contribution >= 0.6 is 0 Å². The standard InChI is InChI=1S/C15H19N3O2/c1-4-13-17-14(16-3)10(2)15(18-13)20-12-7-5-11(9-19)6-8-12/h5-8,19H,4,9H2,1-3H3,(H,16,17,18). The lowest BCUT2D eigenvalue weighted by Gasteiger charge is -2.12. The van der Waals surface area contributed by atoms with Crippen molar-refractivity contribution < 1.29 is 9.84 Å². The number of anilines is 1. The Morgan fingerprint density at radius 1 is 1.20 bits per heavy atom. The molecule has 1 heterocycles. The molecule has 2 N–H and O–H groups in total. The van der Waals surface area contributed by atoms with E-state index in [2.05, 4.69) is 15.3 Å². The van der Waals surface area contributed by atoms with Gasteiger partial charge in [-0.1, -0.05) is 19.1 Å². The number of rotatable bonds is 5. The lowest BCUT2D eigenvalue weighted by atomic mass is 10.2. The highest BCUT2D eigenvalue weighted by atomic mass is 16.5. The van der Waals surface area contributed by atoms with Crippen molar-refractivity contribution in [2.24, 2.45) is 0 Å². The molecule has 0 spiro atoms. The SMILES string of the molecule is CCc1nc(NC)c(C)c(Oc2ccc(CO)cc2)n1. The molecule has 5 heteroatoms. The van der Waals surface area contributed by atoms with Gasteiger partial charge in [0.25, 0.3) is 0 Å². The third kappa shape index (κ3) is 3.05. The molecule has 0 radical (unpaired) electrons. The minimum atomic E-state index is 0.0245. The Bertz CT molecular complexity index is 582. The fourth-order valence-corrected chi connectivity index (χ4v) is 1.82. The van der Waals surface area contributed by atoms with E-state index in [4.69, 9.17) is 9.84 Å². The Kier molecular flexibility index (Phi) is 4.53. The molecule has 20 heavy (non-hydrogen) atoms. The minimum Gasteiger partial charge on any atom is -0.439 e. The number of benzene rings is 1. The number of nitrogens with one attached hydrogen (secondary N) is 1. The molecule has 0 atom stereocenters. The molecule has 1 aromatic heterocycles. The average molecular weight is 273 g/mol. The van der Waals surface area contributed by atoms with Crippen molar-refractivity contribution in [1.82, 2.24) is 9.97 Å². The zero-order valence-corrected chi connectivity index (χ0v) is 12.0. The van der Waals surface area contributed by atoms with E-state index in [-0.39, 0.29) is 6.61 Å². The molecular weight excluding hydrogens is 254 g/mol. The highest BCUT2D eigenvalue weighted by Crippen LogP contribution is 2.27. The summed E-state index contributed by atoms with van der Waals surface area (Å²) >= 11 is 0. The van der Waals surface area contributed by atoms with E-state index in [1.54, 1.807) is 0 Å². The highest BCUT2D eigenvalue weighted by Gasteiger charge is 2.11. The van der Waals surface area contributed by atoms with Gasteiger partial charge in [-0.05, 0) is 24.6 Å². The summed E-state index contributed by atoms with van der Waals surface area (Å²) in [6, 6.07) is 7.28. The van der Waals surface area contributed by atoms with Crippen LogP contribution in [0.2, 0.25) is 0 Å². The van der Waals surface area contributed by atoms with Crippen molar-refractivity contribution in [1.29, 1.82) is 0 Å². The van der Waals surface area contributed by atoms with Crippen molar-refractivity contribution >= 4 is 5.82 Å². The first-order chi connectivity index (χ1) is 9.67. The largest absolute Gasteiger partial charge is 0.439 e. The summed E-state index contributed by atoms with van der Waals surface area (Å²) < 4.78 is 5.82. The molecule has 0 fully saturated rings. The minimum absolute atomic E-state index is 0.0245. The van der Waals surface area contributed by atoms with E-state index in [9.17, 15) is 0 Å². The predicted octanol–water partition coefficient (Wildman–Crippen LogP) is 2.67. The quantitative estimate of drug-likeness (QED) is 0.876. The second kappa shape index (κ2) is 6.34. The number of hydrogen-bond acceptors (Lipinski definition) is 5. The molecule has 1 aromatic carbocycles. The van der Waals surface area contributed by atoms with Gasteiger partial charge in [0.15, 0.2) is 0 Å². The normalized spacial score (nSPS) is 10.4. The maximum atomic E-state index is 9.03. The van der Waals surface area contributed by atoms with Gasteiger partial charge in [-0.2, -0.15) is 4.98 Å². The zero-order chi connectivity index (χ0) is 14.5. The molecule has 106 valence electrons. The van der Waals surface area contributed by atoms with Crippen LogP contribution in [-0.2, 0) is 13.0 Å². The van der Waals surface area contributed by atoms with Crippen LogP contribution in [0.4, 0.5) is 5.82 Å². The Balaban J connectivity index is 2.31. The number of nitrogens with zero attached hydrogens (tertiary/aromatic N) is 2. The van der Waals surface area contributed by atoms with Crippen molar-refractivity contribution in [2.45, 2.75) is 26.9 Å². The Morgan fingerprint density at radius 2 is 1.90 bits per heavy atom. The van der Waals surface area contributed by atoms with Crippen LogP contribution < -0.4 is 10.1 Å². The molecular formula is C15H19N3O2. The first-order valence-electron chi connectivity index (χ1n) is 6.60. The third-order valence-corrected chi connectivity index (χ3v) is 3.02. The van der Waals surface area contributed by atoms with Crippen LogP contribution in [-0.4, -0.2) is 22.1 Å². The monoisotopic (exact) mass is 273 g/mol. The summed E-state index contributed by atoms with van der Waals surface area (Å²) in [4.78, 5) is 8.82. The van der Waals surface area contributed by atoms with E-state index >= 15 is 0 Å². The second-order valence-corrected chi connectivity index (χ2v) is 4.43. The van der Waals surface area contributed by atoms with E-state index in [0.29, 0.717) is 11.6 Å². The van der Waals surface area contributed by atoms with Crippen molar-refractivity contribution in [3.63, 3.8) is 0 Å². The molecule has 5 nitrogen and oxygen atoms in total. The lowest BCUT2D eigenvalue weighted by Crippen LogP contribution is -2.04. The number of aromatic nitrogens is 2. The maximum absolute atomic E-state index is 9.03. The average Bonchev–Trinajstić information content (AvgIpc) is 2.50. The van der Waals surface area contributed by atoms with Gasteiger partial charge in [-0.25, -0.2) is 4.98 Å². The fraction of sp³-hybridized carbons (Fsp3) is 0.333. The first kappa shape index (κ1) is 14.3. The molecule has 0 aliphatic rings.